The number of nitrogens with zero attached hydrogens (tertiary/aromatic N) is 2. The van der Waals surface area contributed by atoms with Crippen LogP contribution in [0.25, 0.3) is 0 Å². The zero-order valence-corrected chi connectivity index (χ0v) is 11.8. The van der Waals surface area contributed by atoms with Crippen molar-refractivity contribution in [3.8, 4) is 0 Å². The zero-order valence-electron chi connectivity index (χ0n) is 11.8. The maximum atomic E-state index is 10.2. The molecule has 2 heterocycles. The Balaban J connectivity index is 2.11. The van der Waals surface area contributed by atoms with Gasteiger partial charge >= 0.3 is 0 Å². The molecule has 1 saturated heterocycles. The van der Waals surface area contributed by atoms with Crippen molar-refractivity contribution in [2.24, 2.45) is 0 Å². The smallest absolute Gasteiger partial charge is 0.134 e. The van der Waals surface area contributed by atoms with Gasteiger partial charge in [-0.1, -0.05) is 0 Å². The van der Waals surface area contributed by atoms with Crippen molar-refractivity contribution in [2.75, 3.05) is 36.9 Å². The first-order chi connectivity index (χ1) is 9.04. The molecule has 1 aromatic heterocycles. The molecule has 106 valence electrons. The minimum absolute atomic E-state index is 0.378. The summed E-state index contributed by atoms with van der Waals surface area (Å²) in [7, 11) is 0. The Morgan fingerprint density at radius 3 is 2.53 bits per heavy atom. The third-order valence-corrected chi connectivity index (χ3v) is 3.27. The van der Waals surface area contributed by atoms with E-state index in [2.05, 4.69) is 20.6 Å². The third-order valence-electron chi connectivity index (χ3n) is 3.27. The number of rotatable bonds is 5. The molecule has 6 nitrogen and oxygen atoms in total. The highest BCUT2D eigenvalue weighted by molar-refractivity contribution is 5.57. The Labute approximate surface area is 113 Å². The molecule has 6 heteroatoms. The van der Waals surface area contributed by atoms with Crippen molar-refractivity contribution in [3.05, 3.63) is 11.4 Å². The number of nitrogens with one attached hydrogen (secondary N) is 2. The van der Waals surface area contributed by atoms with Crippen molar-refractivity contribution >= 4 is 11.6 Å². The Bertz CT molecular complexity index is 445. The van der Waals surface area contributed by atoms with E-state index < -0.39 is 5.60 Å². The second kappa shape index (κ2) is 5.71. The first kappa shape index (κ1) is 14.0. The van der Waals surface area contributed by atoms with Gasteiger partial charge in [0.05, 0.1) is 6.61 Å². The SMILES string of the molecule is CCNc1nc(C)nc(NCC2(O)CCOC2)c1C. The summed E-state index contributed by atoms with van der Waals surface area (Å²) in [4.78, 5) is 8.76. The molecular formula is C13H22N4O2. The largest absolute Gasteiger partial charge is 0.386 e. The highest BCUT2D eigenvalue weighted by Gasteiger charge is 2.32. The average Bonchev–Trinajstić information content (AvgIpc) is 2.79. The van der Waals surface area contributed by atoms with Gasteiger partial charge in [-0.2, -0.15) is 0 Å². The molecule has 19 heavy (non-hydrogen) atoms. The number of hydrogen-bond donors (Lipinski definition) is 3. The third kappa shape index (κ3) is 3.33. The molecular weight excluding hydrogens is 244 g/mol. The Morgan fingerprint density at radius 2 is 1.95 bits per heavy atom. The molecule has 0 amide bonds. The van der Waals surface area contributed by atoms with Crippen molar-refractivity contribution < 1.29 is 9.84 Å². The maximum absolute atomic E-state index is 10.2. The maximum Gasteiger partial charge on any atom is 0.134 e. The van der Waals surface area contributed by atoms with Gasteiger partial charge in [-0.15, -0.1) is 0 Å². The first-order valence-electron chi connectivity index (χ1n) is 6.67. The van der Waals surface area contributed by atoms with E-state index >= 15 is 0 Å². The number of ether oxygens (including phenoxy) is 1. The van der Waals surface area contributed by atoms with Crippen molar-refractivity contribution in [1.29, 1.82) is 0 Å². The second-order valence-electron chi connectivity index (χ2n) is 5.00. The molecule has 1 unspecified atom stereocenters. The number of aryl methyl sites for hydroxylation is 1. The number of hydrogen-bond acceptors (Lipinski definition) is 6. The molecule has 1 aliphatic heterocycles. The summed E-state index contributed by atoms with van der Waals surface area (Å²) < 4.78 is 5.23. The summed E-state index contributed by atoms with van der Waals surface area (Å²) in [5.74, 6) is 2.31. The van der Waals surface area contributed by atoms with E-state index in [0.29, 0.717) is 32.0 Å². The summed E-state index contributed by atoms with van der Waals surface area (Å²) in [6.45, 7) is 8.10. The molecule has 2 rings (SSSR count). The highest BCUT2D eigenvalue weighted by Crippen LogP contribution is 2.23. The van der Waals surface area contributed by atoms with E-state index in [9.17, 15) is 5.11 Å². The van der Waals surface area contributed by atoms with Gasteiger partial charge in [0.15, 0.2) is 0 Å². The quantitative estimate of drug-likeness (QED) is 0.740. The van der Waals surface area contributed by atoms with Crippen LogP contribution in [-0.2, 0) is 4.74 Å². The Hall–Kier alpha value is -1.40. The van der Waals surface area contributed by atoms with E-state index in [0.717, 1.165) is 23.7 Å². The van der Waals surface area contributed by atoms with Crippen LogP contribution in [0.2, 0.25) is 0 Å². The molecule has 0 radical (unpaired) electrons. The number of aliphatic hydroxyl groups is 1. The molecule has 0 spiro atoms. The van der Waals surface area contributed by atoms with Gasteiger partial charge in [-0.05, 0) is 20.8 Å². The van der Waals surface area contributed by atoms with Crippen LogP contribution < -0.4 is 10.6 Å². The van der Waals surface area contributed by atoms with Gasteiger partial charge in [-0.3, -0.25) is 0 Å². The summed E-state index contributed by atoms with van der Waals surface area (Å²) >= 11 is 0. The topological polar surface area (TPSA) is 79.3 Å². The van der Waals surface area contributed by atoms with Gasteiger partial charge in [0.1, 0.15) is 23.1 Å². The fourth-order valence-corrected chi connectivity index (χ4v) is 2.12. The molecule has 1 aromatic rings. The number of anilines is 2. The lowest BCUT2D eigenvalue weighted by molar-refractivity contribution is 0.0381. The van der Waals surface area contributed by atoms with Crippen molar-refractivity contribution in [3.63, 3.8) is 0 Å². The summed E-state index contributed by atoms with van der Waals surface area (Å²) in [6, 6.07) is 0. The summed E-state index contributed by atoms with van der Waals surface area (Å²) in [5.41, 5.74) is 0.180. The van der Waals surface area contributed by atoms with Crippen molar-refractivity contribution in [2.45, 2.75) is 32.8 Å². The van der Waals surface area contributed by atoms with E-state index in [-0.39, 0.29) is 0 Å². The fourth-order valence-electron chi connectivity index (χ4n) is 2.12. The Morgan fingerprint density at radius 1 is 1.26 bits per heavy atom. The van der Waals surface area contributed by atoms with E-state index in [4.69, 9.17) is 4.74 Å². The lowest BCUT2D eigenvalue weighted by Crippen LogP contribution is -2.37. The molecule has 3 N–H and O–H groups in total. The lowest BCUT2D eigenvalue weighted by Gasteiger charge is -2.22. The van der Waals surface area contributed by atoms with Crippen LogP contribution in [0.15, 0.2) is 0 Å². The molecule has 1 fully saturated rings. The van der Waals surface area contributed by atoms with Gasteiger partial charge in [0.25, 0.3) is 0 Å². The van der Waals surface area contributed by atoms with E-state index in [1.807, 2.05) is 20.8 Å². The fraction of sp³-hybridized carbons (Fsp3) is 0.692. The van der Waals surface area contributed by atoms with E-state index in [1.165, 1.54) is 0 Å². The monoisotopic (exact) mass is 266 g/mol. The Kier molecular flexibility index (Phi) is 4.21. The minimum atomic E-state index is -0.788. The lowest BCUT2D eigenvalue weighted by atomic mass is 10.0. The zero-order chi connectivity index (χ0) is 13.9. The molecule has 1 atom stereocenters. The normalized spacial score (nSPS) is 22.5. The molecule has 1 aliphatic rings. The standard InChI is InChI=1S/C13H22N4O2/c1-4-14-11-9(2)12(17-10(3)16-11)15-7-13(18)5-6-19-8-13/h18H,4-8H2,1-3H3,(H2,14,15,16,17). The van der Waals surface area contributed by atoms with Crippen LogP contribution in [-0.4, -0.2) is 47.0 Å². The van der Waals surface area contributed by atoms with Gasteiger partial charge in [0.2, 0.25) is 0 Å². The van der Waals surface area contributed by atoms with Gasteiger partial charge in [-0.25, -0.2) is 9.97 Å². The summed E-state index contributed by atoms with van der Waals surface area (Å²) in [5, 5.41) is 16.7. The van der Waals surface area contributed by atoms with Crippen LogP contribution in [0, 0.1) is 13.8 Å². The first-order valence-corrected chi connectivity index (χ1v) is 6.67. The van der Waals surface area contributed by atoms with Crippen LogP contribution in [0.4, 0.5) is 11.6 Å². The van der Waals surface area contributed by atoms with Crippen LogP contribution in [0.1, 0.15) is 24.7 Å². The predicted molar refractivity (Wildman–Crippen MR) is 74.5 cm³/mol. The van der Waals surface area contributed by atoms with Crippen LogP contribution in [0.5, 0.6) is 0 Å². The minimum Gasteiger partial charge on any atom is -0.386 e. The van der Waals surface area contributed by atoms with Crippen molar-refractivity contribution in [1.82, 2.24) is 9.97 Å². The van der Waals surface area contributed by atoms with E-state index in [1.54, 1.807) is 0 Å². The predicted octanol–water partition coefficient (Wildman–Crippen LogP) is 1.09. The van der Waals surface area contributed by atoms with Gasteiger partial charge < -0.3 is 20.5 Å². The molecule has 0 aliphatic carbocycles. The molecule has 0 bridgehead atoms. The summed E-state index contributed by atoms with van der Waals surface area (Å²) in [6.07, 6.45) is 0.656. The average molecular weight is 266 g/mol. The van der Waals surface area contributed by atoms with Crippen LogP contribution in [0.3, 0.4) is 0 Å². The molecule has 0 saturated carbocycles. The second-order valence-corrected chi connectivity index (χ2v) is 5.00. The van der Waals surface area contributed by atoms with Gasteiger partial charge in [0, 0.05) is 31.7 Å². The highest BCUT2D eigenvalue weighted by atomic mass is 16.5. The van der Waals surface area contributed by atoms with Crippen LogP contribution >= 0.6 is 0 Å². The number of aromatic nitrogens is 2. The molecule has 0 aromatic carbocycles.